The van der Waals surface area contributed by atoms with Gasteiger partial charge in [0, 0.05) is 13.6 Å². The molecule has 0 saturated heterocycles. The normalized spacial score (nSPS) is 12.6. The monoisotopic (exact) mass is 357 g/mol. The predicted molar refractivity (Wildman–Crippen MR) is 86.0 cm³/mol. The van der Waals surface area contributed by atoms with E-state index in [9.17, 15) is 21.6 Å². The molecule has 0 spiro atoms. The maximum atomic E-state index is 12.8. The first-order valence-electron chi connectivity index (χ1n) is 7.21. The molecule has 0 aliphatic rings. The van der Waals surface area contributed by atoms with Gasteiger partial charge < -0.3 is 0 Å². The van der Waals surface area contributed by atoms with Crippen molar-refractivity contribution < 1.29 is 21.6 Å². The van der Waals surface area contributed by atoms with E-state index >= 15 is 0 Å². The van der Waals surface area contributed by atoms with Crippen LogP contribution < -0.4 is 0 Å². The summed E-state index contributed by atoms with van der Waals surface area (Å²) in [4.78, 5) is 0.164. The highest BCUT2D eigenvalue weighted by molar-refractivity contribution is 7.89. The van der Waals surface area contributed by atoms with E-state index in [-0.39, 0.29) is 17.0 Å². The van der Waals surface area contributed by atoms with Gasteiger partial charge in [-0.05, 0) is 42.7 Å². The average Bonchev–Trinajstić information content (AvgIpc) is 2.49. The van der Waals surface area contributed by atoms with Crippen LogP contribution >= 0.6 is 0 Å². The molecule has 0 atom stereocenters. The summed E-state index contributed by atoms with van der Waals surface area (Å²) >= 11 is 0. The molecule has 0 bridgehead atoms. The highest BCUT2D eigenvalue weighted by Gasteiger charge is 2.31. The van der Waals surface area contributed by atoms with Crippen molar-refractivity contribution in [2.24, 2.45) is 0 Å². The number of halogens is 3. The summed E-state index contributed by atoms with van der Waals surface area (Å²) in [6.07, 6.45) is -4.46. The molecule has 0 aromatic heterocycles. The van der Waals surface area contributed by atoms with Crippen LogP contribution in [0.15, 0.2) is 47.4 Å². The Kier molecular flexibility index (Phi) is 5.05. The highest BCUT2D eigenvalue weighted by atomic mass is 32.2. The molecule has 0 heterocycles. The third-order valence-corrected chi connectivity index (χ3v) is 5.64. The van der Waals surface area contributed by atoms with E-state index in [1.807, 2.05) is 0 Å². The molecule has 2 rings (SSSR count). The molecule has 0 amide bonds. The standard InChI is InChI=1S/C17H18F3NO2S/c1-12-7-8-13(2)16(9-12)24(22,23)21(3)11-14-5-4-6-15(10-14)17(18,19)20/h4-10H,11H2,1-3H3. The van der Waals surface area contributed by atoms with Gasteiger partial charge in [0.25, 0.3) is 0 Å². The van der Waals surface area contributed by atoms with E-state index in [1.54, 1.807) is 32.0 Å². The second-order valence-corrected chi connectivity index (χ2v) is 7.74. The SMILES string of the molecule is Cc1ccc(C)c(S(=O)(=O)N(C)Cc2cccc(C(F)(F)F)c2)c1. The minimum atomic E-state index is -4.46. The molecule has 0 saturated carbocycles. The first-order chi connectivity index (χ1) is 11.0. The first kappa shape index (κ1) is 18.5. The van der Waals surface area contributed by atoms with Crippen LogP contribution in [0.5, 0.6) is 0 Å². The number of rotatable bonds is 4. The quantitative estimate of drug-likeness (QED) is 0.825. The number of aryl methyl sites for hydroxylation is 2. The Morgan fingerprint density at radius 2 is 1.71 bits per heavy atom. The molecule has 0 aliphatic carbocycles. The molecule has 130 valence electrons. The number of benzene rings is 2. The minimum Gasteiger partial charge on any atom is -0.207 e. The maximum Gasteiger partial charge on any atom is 0.416 e. The zero-order valence-electron chi connectivity index (χ0n) is 13.6. The minimum absolute atomic E-state index is 0.139. The largest absolute Gasteiger partial charge is 0.416 e. The molecule has 0 unspecified atom stereocenters. The van der Waals surface area contributed by atoms with Crippen molar-refractivity contribution in [2.75, 3.05) is 7.05 Å². The van der Waals surface area contributed by atoms with Gasteiger partial charge in [0.1, 0.15) is 0 Å². The van der Waals surface area contributed by atoms with Crippen molar-refractivity contribution in [3.63, 3.8) is 0 Å². The number of nitrogens with zero attached hydrogens (tertiary/aromatic N) is 1. The lowest BCUT2D eigenvalue weighted by atomic mass is 10.1. The summed E-state index contributed by atoms with van der Waals surface area (Å²) in [5.41, 5.74) is 0.877. The summed E-state index contributed by atoms with van der Waals surface area (Å²) in [5, 5.41) is 0. The van der Waals surface area contributed by atoms with Gasteiger partial charge in [0.2, 0.25) is 10.0 Å². The van der Waals surface area contributed by atoms with Crippen LogP contribution in [0.2, 0.25) is 0 Å². The molecule has 2 aromatic rings. The fourth-order valence-electron chi connectivity index (χ4n) is 2.34. The lowest BCUT2D eigenvalue weighted by Crippen LogP contribution is -2.27. The van der Waals surface area contributed by atoms with Gasteiger partial charge in [0.15, 0.2) is 0 Å². The number of hydrogen-bond donors (Lipinski definition) is 0. The van der Waals surface area contributed by atoms with Crippen LogP contribution in [0, 0.1) is 13.8 Å². The predicted octanol–water partition coefficient (Wildman–Crippen LogP) is 4.14. The van der Waals surface area contributed by atoms with Crippen molar-refractivity contribution in [3.05, 3.63) is 64.7 Å². The molecule has 0 fully saturated rings. The van der Waals surface area contributed by atoms with Crippen molar-refractivity contribution in [1.29, 1.82) is 0 Å². The lowest BCUT2D eigenvalue weighted by Gasteiger charge is -2.19. The Morgan fingerprint density at radius 3 is 2.33 bits per heavy atom. The Bertz CT molecular complexity index is 845. The zero-order valence-corrected chi connectivity index (χ0v) is 14.4. The molecule has 2 aromatic carbocycles. The molecular formula is C17H18F3NO2S. The van der Waals surface area contributed by atoms with Crippen LogP contribution in [0.3, 0.4) is 0 Å². The van der Waals surface area contributed by atoms with Crippen molar-refractivity contribution >= 4 is 10.0 Å². The fourth-order valence-corrected chi connectivity index (χ4v) is 3.81. The summed E-state index contributed by atoms with van der Waals surface area (Å²) < 4.78 is 64.8. The van der Waals surface area contributed by atoms with Gasteiger partial charge in [-0.3, -0.25) is 0 Å². The summed E-state index contributed by atoms with van der Waals surface area (Å²) in [6, 6.07) is 9.76. The molecule has 24 heavy (non-hydrogen) atoms. The van der Waals surface area contributed by atoms with Crippen molar-refractivity contribution in [1.82, 2.24) is 4.31 Å². The topological polar surface area (TPSA) is 37.4 Å². The van der Waals surface area contributed by atoms with Gasteiger partial charge in [-0.1, -0.05) is 30.3 Å². The molecule has 0 aliphatic heterocycles. The van der Waals surface area contributed by atoms with Crippen LogP contribution in [0.25, 0.3) is 0 Å². The van der Waals surface area contributed by atoms with Gasteiger partial charge >= 0.3 is 6.18 Å². The second-order valence-electron chi connectivity index (χ2n) is 5.73. The first-order valence-corrected chi connectivity index (χ1v) is 8.65. The van der Waals surface area contributed by atoms with Crippen LogP contribution in [-0.4, -0.2) is 19.8 Å². The third-order valence-electron chi connectivity index (χ3n) is 3.69. The Hall–Kier alpha value is -1.86. The second kappa shape index (κ2) is 6.57. The summed E-state index contributed by atoms with van der Waals surface area (Å²) in [6.45, 7) is 3.33. The third kappa shape index (κ3) is 3.96. The van der Waals surface area contributed by atoms with Crippen LogP contribution in [0.4, 0.5) is 13.2 Å². The summed E-state index contributed by atoms with van der Waals surface area (Å²) in [7, 11) is -2.43. The molecular weight excluding hydrogens is 339 g/mol. The Balaban J connectivity index is 2.32. The van der Waals surface area contributed by atoms with Gasteiger partial charge in [-0.25, -0.2) is 8.42 Å². The smallest absolute Gasteiger partial charge is 0.207 e. The maximum absolute atomic E-state index is 12.8. The Morgan fingerprint density at radius 1 is 1.04 bits per heavy atom. The molecule has 3 nitrogen and oxygen atoms in total. The molecule has 0 N–H and O–H groups in total. The van der Waals surface area contributed by atoms with Gasteiger partial charge in [-0.15, -0.1) is 0 Å². The van der Waals surface area contributed by atoms with Gasteiger partial charge in [-0.2, -0.15) is 17.5 Å². The molecule has 7 heteroatoms. The van der Waals surface area contributed by atoms with Crippen LogP contribution in [0.1, 0.15) is 22.3 Å². The number of sulfonamides is 1. The average molecular weight is 357 g/mol. The number of alkyl halides is 3. The van der Waals surface area contributed by atoms with Crippen molar-refractivity contribution in [2.45, 2.75) is 31.5 Å². The molecule has 0 radical (unpaired) electrons. The van der Waals surface area contributed by atoms with E-state index in [4.69, 9.17) is 0 Å². The van der Waals surface area contributed by atoms with E-state index in [0.29, 0.717) is 5.56 Å². The van der Waals surface area contributed by atoms with Gasteiger partial charge in [0.05, 0.1) is 10.5 Å². The van der Waals surface area contributed by atoms with E-state index < -0.39 is 21.8 Å². The number of hydrogen-bond acceptors (Lipinski definition) is 2. The van der Waals surface area contributed by atoms with E-state index in [2.05, 4.69) is 0 Å². The van der Waals surface area contributed by atoms with E-state index in [1.165, 1.54) is 19.2 Å². The van der Waals surface area contributed by atoms with E-state index in [0.717, 1.165) is 22.0 Å². The lowest BCUT2D eigenvalue weighted by molar-refractivity contribution is -0.137. The fraction of sp³-hybridized carbons (Fsp3) is 0.294. The zero-order chi connectivity index (χ0) is 18.1. The van der Waals surface area contributed by atoms with Crippen LogP contribution in [-0.2, 0) is 22.7 Å². The highest BCUT2D eigenvalue weighted by Crippen LogP contribution is 2.30. The summed E-state index contributed by atoms with van der Waals surface area (Å²) in [5.74, 6) is 0. The Labute approximate surface area is 139 Å². The van der Waals surface area contributed by atoms with Crippen molar-refractivity contribution in [3.8, 4) is 0 Å².